The first-order valence-corrected chi connectivity index (χ1v) is 15.1. The minimum Gasteiger partial charge on any atom is -0.548 e. The molecule has 0 aromatic rings. The molecule has 4 heteroatoms. The van der Waals surface area contributed by atoms with Crippen molar-refractivity contribution in [3.8, 4) is 0 Å². The first-order chi connectivity index (χ1) is 16.2. The van der Waals surface area contributed by atoms with E-state index >= 15 is 0 Å². The van der Waals surface area contributed by atoms with Gasteiger partial charge in [0, 0.05) is 6.04 Å². The van der Waals surface area contributed by atoms with Crippen molar-refractivity contribution in [2.75, 3.05) is 13.1 Å². The quantitative estimate of drug-likeness (QED) is 0.110. The zero-order valence-electron chi connectivity index (χ0n) is 24.0. The predicted octanol–water partition coefficient (Wildman–Crippen LogP) is 5.44. The molecule has 0 aromatic heterocycles. The number of carbonyl (C=O) groups excluding carboxylic acids is 1. The van der Waals surface area contributed by atoms with Gasteiger partial charge >= 0.3 is 51.4 Å². The topological polar surface area (TPSA) is 43.4 Å². The van der Waals surface area contributed by atoms with Crippen molar-refractivity contribution < 1.29 is 61.3 Å². The molecule has 0 N–H and O–H groups in total. The van der Waals surface area contributed by atoms with Gasteiger partial charge in [-0.05, 0) is 32.4 Å². The summed E-state index contributed by atoms with van der Waals surface area (Å²) in [6.07, 6.45) is 29.2. The van der Waals surface area contributed by atoms with E-state index in [4.69, 9.17) is 0 Å². The molecule has 1 atom stereocenters. The summed E-state index contributed by atoms with van der Waals surface area (Å²) in [7, 11) is 0. The molecule has 0 amide bonds. The van der Waals surface area contributed by atoms with Gasteiger partial charge in [-0.2, -0.15) is 0 Å². The van der Waals surface area contributed by atoms with Gasteiger partial charge < -0.3 is 9.90 Å². The number of carboxylic acid groups (broad SMARTS) is 1. The smallest absolute Gasteiger partial charge is 0.548 e. The molecule has 0 aliphatic carbocycles. The summed E-state index contributed by atoms with van der Waals surface area (Å²) in [6, 6.07) is -0.387. The molecule has 0 aromatic carbocycles. The number of aliphatic carboxylic acids is 1. The zero-order chi connectivity index (χ0) is 24.4. The summed E-state index contributed by atoms with van der Waals surface area (Å²) in [6.45, 7) is 8.54. The van der Waals surface area contributed by atoms with Crippen molar-refractivity contribution in [3.05, 3.63) is 0 Å². The normalized spacial score (nSPS) is 12.1. The fourth-order valence-corrected chi connectivity index (χ4v) is 4.88. The van der Waals surface area contributed by atoms with Crippen molar-refractivity contribution in [1.82, 2.24) is 4.90 Å². The third-order valence-electron chi connectivity index (χ3n) is 7.14. The zero-order valence-corrected chi connectivity index (χ0v) is 27.1. The molecular formula is C30H60KNO2. The Hall–Kier alpha value is 1.07. The Balaban J connectivity index is 0. The van der Waals surface area contributed by atoms with Gasteiger partial charge in [-0.3, -0.25) is 4.90 Å². The number of carboxylic acids is 1. The van der Waals surface area contributed by atoms with Crippen LogP contribution in [0.4, 0.5) is 0 Å². The molecule has 1 unspecified atom stereocenters. The maximum Gasteiger partial charge on any atom is 1.00 e. The average molecular weight is 506 g/mol. The third-order valence-corrected chi connectivity index (χ3v) is 7.14. The average Bonchev–Trinajstić information content (AvgIpc) is 2.80. The Morgan fingerprint density at radius 1 is 0.529 bits per heavy atom. The second-order valence-electron chi connectivity index (χ2n) is 10.4. The fraction of sp³-hybridized carbons (Fsp3) is 0.967. The Kier molecular flexibility index (Phi) is 33.2. The van der Waals surface area contributed by atoms with Crippen LogP contribution in [0.25, 0.3) is 0 Å². The first-order valence-electron chi connectivity index (χ1n) is 15.1. The van der Waals surface area contributed by atoms with Gasteiger partial charge in [0.25, 0.3) is 0 Å². The molecule has 34 heavy (non-hydrogen) atoms. The van der Waals surface area contributed by atoms with E-state index in [1.807, 2.05) is 0 Å². The molecular weight excluding hydrogens is 445 g/mol. The van der Waals surface area contributed by atoms with Crippen LogP contribution in [-0.4, -0.2) is 30.0 Å². The summed E-state index contributed by atoms with van der Waals surface area (Å²) in [5, 5.41) is 11.9. The number of unbranched alkanes of at least 4 members (excludes halogenated alkanes) is 19. The summed E-state index contributed by atoms with van der Waals surface area (Å²) in [4.78, 5) is 14.1. The van der Waals surface area contributed by atoms with Crippen LogP contribution in [0.5, 0.6) is 0 Å². The SMILES string of the molecule is CCCCCCCCCCCCN(CCCCCCCCCCCC)C(CCCC)C(=O)[O-].[K+]. The molecule has 0 aliphatic rings. The van der Waals surface area contributed by atoms with Crippen LogP contribution in [0, 0.1) is 0 Å². The van der Waals surface area contributed by atoms with E-state index in [9.17, 15) is 9.90 Å². The van der Waals surface area contributed by atoms with Crippen LogP contribution in [0.2, 0.25) is 0 Å². The molecule has 3 nitrogen and oxygen atoms in total. The molecule has 0 rings (SSSR count). The Bertz CT molecular complexity index is 381. The molecule has 0 saturated carbocycles. The van der Waals surface area contributed by atoms with Gasteiger partial charge in [0.2, 0.25) is 0 Å². The predicted molar refractivity (Wildman–Crippen MR) is 144 cm³/mol. The van der Waals surface area contributed by atoms with Crippen LogP contribution in [0.1, 0.15) is 168 Å². The summed E-state index contributed by atoms with van der Waals surface area (Å²) >= 11 is 0. The third kappa shape index (κ3) is 24.7. The second-order valence-corrected chi connectivity index (χ2v) is 10.4. The van der Waals surface area contributed by atoms with Crippen LogP contribution in [0.15, 0.2) is 0 Å². The number of carbonyl (C=O) groups is 1. The Morgan fingerprint density at radius 3 is 1.12 bits per heavy atom. The number of hydrogen-bond acceptors (Lipinski definition) is 3. The standard InChI is InChI=1S/C30H61NO2.K/c1-4-7-10-12-14-16-18-20-22-24-27-31(29(30(32)33)26-9-6-3)28-25-23-21-19-17-15-13-11-8-5-2;/h29H,4-28H2,1-3H3,(H,32,33);/q;+1/p-1. The number of hydrogen-bond donors (Lipinski definition) is 0. The van der Waals surface area contributed by atoms with Crippen molar-refractivity contribution in [3.63, 3.8) is 0 Å². The van der Waals surface area contributed by atoms with E-state index in [0.29, 0.717) is 0 Å². The van der Waals surface area contributed by atoms with Crippen molar-refractivity contribution in [1.29, 1.82) is 0 Å². The molecule has 0 bridgehead atoms. The van der Waals surface area contributed by atoms with E-state index in [1.54, 1.807) is 0 Å². The fourth-order valence-electron chi connectivity index (χ4n) is 4.88. The van der Waals surface area contributed by atoms with E-state index in [0.717, 1.165) is 45.2 Å². The maximum absolute atomic E-state index is 11.9. The van der Waals surface area contributed by atoms with Gasteiger partial charge in [0.1, 0.15) is 0 Å². The molecule has 0 spiro atoms. The van der Waals surface area contributed by atoms with Gasteiger partial charge in [0.05, 0.1) is 5.97 Å². The Morgan fingerprint density at radius 2 is 0.824 bits per heavy atom. The van der Waals surface area contributed by atoms with Gasteiger partial charge in [-0.15, -0.1) is 0 Å². The van der Waals surface area contributed by atoms with Crippen LogP contribution < -0.4 is 56.5 Å². The summed E-state index contributed by atoms with van der Waals surface area (Å²) in [5.74, 6) is -0.859. The van der Waals surface area contributed by atoms with Crippen LogP contribution in [0.3, 0.4) is 0 Å². The van der Waals surface area contributed by atoms with Crippen LogP contribution in [-0.2, 0) is 4.79 Å². The largest absolute Gasteiger partial charge is 1.00 e. The van der Waals surface area contributed by atoms with E-state index in [2.05, 4.69) is 25.7 Å². The van der Waals surface area contributed by atoms with Crippen molar-refractivity contribution in [2.45, 2.75) is 174 Å². The second kappa shape index (κ2) is 30.3. The van der Waals surface area contributed by atoms with Gasteiger partial charge in [-0.25, -0.2) is 0 Å². The molecule has 0 fully saturated rings. The van der Waals surface area contributed by atoms with Crippen molar-refractivity contribution >= 4 is 5.97 Å². The maximum atomic E-state index is 11.9. The summed E-state index contributed by atoms with van der Waals surface area (Å²) in [5.41, 5.74) is 0. The van der Waals surface area contributed by atoms with E-state index < -0.39 is 5.97 Å². The molecule has 198 valence electrons. The number of rotatable bonds is 27. The van der Waals surface area contributed by atoms with E-state index in [1.165, 1.54) is 116 Å². The monoisotopic (exact) mass is 505 g/mol. The minimum atomic E-state index is -0.859. The molecule has 0 saturated heterocycles. The van der Waals surface area contributed by atoms with Gasteiger partial charge in [-0.1, -0.05) is 149 Å². The molecule has 0 radical (unpaired) electrons. The minimum absolute atomic E-state index is 0. The van der Waals surface area contributed by atoms with E-state index in [-0.39, 0.29) is 57.4 Å². The number of nitrogens with zero attached hydrogens (tertiary/aromatic N) is 1. The molecule has 0 aliphatic heterocycles. The van der Waals surface area contributed by atoms with Crippen LogP contribution >= 0.6 is 0 Å². The molecule has 0 heterocycles. The summed E-state index contributed by atoms with van der Waals surface area (Å²) < 4.78 is 0. The van der Waals surface area contributed by atoms with Crippen molar-refractivity contribution in [2.24, 2.45) is 0 Å². The first kappa shape index (κ1) is 37.2. The Labute approximate surface area is 257 Å². The van der Waals surface area contributed by atoms with Gasteiger partial charge in [0.15, 0.2) is 0 Å².